The van der Waals surface area contributed by atoms with E-state index in [9.17, 15) is 13.2 Å². The Balaban J connectivity index is 2.01. The number of ketones is 1. The monoisotopic (exact) mass is 297 g/mol. The third kappa shape index (κ3) is 3.83. The minimum Gasteiger partial charge on any atom is -0.292 e. The molecule has 0 saturated carbocycles. The molecule has 1 unspecified atom stereocenters. The molecular weight excluding hydrogens is 278 g/mol. The highest BCUT2D eigenvalue weighted by Gasteiger charge is 2.27. The van der Waals surface area contributed by atoms with E-state index in [2.05, 4.69) is 9.97 Å². The van der Waals surface area contributed by atoms with Crippen molar-refractivity contribution in [2.75, 3.05) is 19.3 Å². The van der Waals surface area contributed by atoms with Gasteiger partial charge in [-0.25, -0.2) is 22.7 Å². The topological polar surface area (TPSA) is 80.2 Å². The lowest BCUT2D eigenvalue weighted by molar-refractivity contribution is 0.0937. The summed E-state index contributed by atoms with van der Waals surface area (Å²) in [5, 5.41) is 0. The Morgan fingerprint density at radius 1 is 1.50 bits per heavy atom. The lowest BCUT2D eigenvalue weighted by Gasteiger charge is -2.30. The first-order valence-corrected chi connectivity index (χ1v) is 8.49. The fourth-order valence-electron chi connectivity index (χ4n) is 2.47. The minimum absolute atomic E-state index is 0.0455. The summed E-state index contributed by atoms with van der Waals surface area (Å²) in [6, 6.07) is 1.60. The first kappa shape index (κ1) is 15.1. The van der Waals surface area contributed by atoms with Crippen LogP contribution in [0.5, 0.6) is 0 Å². The van der Waals surface area contributed by atoms with Gasteiger partial charge in [-0.2, -0.15) is 0 Å². The Hall–Kier alpha value is -1.34. The largest absolute Gasteiger partial charge is 0.292 e. The number of nitrogens with zero attached hydrogens (tertiary/aromatic N) is 3. The van der Waals surface area contributed by atoms with Gasteiger partial charge in [-0.05, 0) is 31.7 Å². The smallest absolute Gasteiger partial charge is 0.211 e. The molecule has 1 saturated heterocycles. The third-order valence-corrected chi connectivity index (χ3v) is 4.76. The Morgan fingerprint density at radius 3 is 2.90 bits per heavy atom. The van der Waals surface area contributed by atoms with E-state index in [1.807, 2.05) is 0 Å². The molecule has 1 aliphatic heterocycles. The van der Waals surface area contributed by atoms with Crippen LogP contribution in [0.3, 0.4) is 0 Å². The van der Waals surface area contributed by atoms with E-state index in [0.717, 1.165) is 12.8 Å². The highest BCUT2D eigenvalue weighted by Crippen LogP contribution is 2.22. The third-order valence-electron chi connectivity index (χ3n) is 3.49. The van der Waals surface area contributed by atoms with Crippen LogP contribution in [0.1, 0.15) is 35.6 Å². The summed E-state index contributed by atoms with van der Waals surface area (Å²) in [4.78, 5) is 20.2. The van der Waals surface area contributed by atoms with Gasteiger partial charge in [-0.3, -0.25) is 4.79 Å². The fourth-order valence-corrected chi connectivity index (χ4v) is 3.42. The van der Waals surface area contributed by atoms with Gasteiger partial charge in [0.2, 0.25) is 10.0 Å². The quantitative estimate of drug-likeness (QED) is 0.775. The molecular formula is C13H19N3O3S. The van der Waals surface area contributed by atoms with Gasteiger partial charge >= 0.3 is 0 Å². The number of piperidine rings is 1. The van der Waals surface area contributed by atoms with E-state index < -0.39 is 10.0 Å². The molecule has 20 heavy (non-hydrogen) atoms. The van der Waals surface area contributed by atoms with Gasteiger partial charge in [-0.15, -0.1) is 0 Å². The summed E-state index contributed by atoms with van der Waals surface area (Å²) in [6.07, 6.45) is 4.79. The van der Waals surface area contributed by atoms with Gasteiger partial charge in [-0.1, -0.05) is 0 Å². The molecule has 1 aromatic heterocycles. The minimum atomic E-state index is -3.17. The van der Waals surface area contributed by atoms with E-state index in [-0.39, 0.29) is 11.7 Å². The maximum atomic E-state index is 12.2. The van der Waals surface area contributed by atoms with Gasteiger partial charge in [0.05, 0.1) is 6.26 Å². The number of sulfonamides is 1. The van der Waals surface area contributed by atoms with E-state index in [1.54, 1.807) is 19.2 Å². The average Bonchev–Trinajstić information content (AvgIpc) is 2.38. The highest BCUT2D eigenvalue weighted by atomic mass is 32.2. The van der Waals surface area contributed by atoms with Crippen LogP contribution < -0.4 is 0 Å². The molecule has 2 rings (SSSR count). The van der Waals surface area contributed by atoms with Crippen molar-refractivity contribution in [3.63, 3.8) is 0 Å². The maximum absolute atomic E-state index is 12.2. The zero-order valence-electron chi connectivity index (χ0n) is 11.7. The van der Waals surface area contributed by atoms with E-state index in [4.69, 9.17) is 0 Å². The van der Waals surface area contributed by atoms with Crippen LogP contribution in [0, 0.1) is 12.8 Å². The molecule has 0 bridgehead atoms. The number of hydrogen-bond acceptors (Lipinski definition) is 5. The Labute approximate surface area is 119 Å². The van der Waals surface area contributed by atoms with Crippen LogP contribution in [0.25, 0.3) is 0 Å². The number of hydrogen-bond donors (Lipinski definition) is 0. The van der Waals surface area contributed by atoms with Crippen LogP contribution >= 0.6 is 0 Å². The second kappa shape index (κ2) is 5.97. The van der Waals surface area contributed by atoms with E-state index in [1.165, 1.54) is 10.6 Å². The molecule has 2 heterocycles. The van der Waals surface area contributed by atoms with Crippen molar-refractivity contribution in [1.29, 1.82) is 0 Å². The van der Waals surface area contributed by atoms with Crippen molar-refractivity contribution >= 4 is 15.8 Å². The lowest BCUT2D eigenvalue weighted by atomic mass is 9.93. The number of Topliss-reactive ketones (excluding diaryl/α,β-unsaturated/α-hetero) is 1. The van der Waals surface area contributed by atoms with E-state index in [0.29, 0.717) is 31.0 Å². The molecule has 110 valence electrons. The molecule has 7 heteroatoms. The molecule has 1 aromatic rings. The van der Waals surface area contributed by atoms with Crippen molar-refractivity contribution in [3.8, 4) is 0 Å². The summed E-state index contributed by atoms with van der Waals surface area (Å²) < 4.78 is 24.6. The maximum Gasteiger partial charge on any atom is 0.211 e. The van der Waals surface area contributed by atoms with Crippen LogP contribution in [-0.4, -0.2) is 47.8 Å². The number of aromatic nitrogens is 2. The van der Waals surface area contributed by atoms with Crippen LogP contribution in [0.4, 0.5) is 0 Å². The Bertz CT molecular complexity index is 601. The predicted octanol–water partition coefficient (Wildman–Crippen LogP) is 1.03. The summed E-state index contributed by atoms with van der Waals surface area (Å²) in [5.74, 6) is 0.592. The van der Waals surface area contributed by atoms with Gasteiger partial charge in [0.25, 0.3) is 0 Å². The zero-order chi connectivity index (χ0) is 14.8. The SMILES string of the molecule is Cc1nccc(C(=O)CC2CCCN(S(C)(=O)=O)C2)n1. The summed E-state index contributed by atoms with van der Waals surface area (Å²) in [6.45, 7) is 2.72. The molecule has 1 fully saturated rings. The fraction of sp³-hybridized carbons (Fsp3) is 0.615. The molecule has 0 aromatic carbocycles. The molecule has 0 aliphatic carbocycles. The molecule has 6 nitrogen and oxygen atoms in total. The van der Waals surface area contributed by atoms with Crippen molar-refractivity contribution in [1.82, 2.24) is 14.3 Å². The molecule has 0 radical (unpaired) electrons. The molecule has 1 atom stereocenters. The van der Waals surface area contributed by atoms with Crippen molar-refractivity contribution in [3.05, 3.63) is 23.8 Å². The van der Waals surface area contributed by atoms with Crippen molar-refractivity contribution in [2.45, 2.75) is 26.2 Å². The lowest BCUT2D eigenvalue weighted by Crippen LogP contribution is -2.39. The molecule has 0 N–H and O–H groups in total. The second-order valence-corrected chi connectivity index (χ2v) is 7.23. The number of carbonyl (C=O) groups excluding carboxylic acids is 1. The predicted molar refractivity (Wildman–Crippen MR) is 74.9 cm³/mol. The Morgan fingerprint density at radius 2 is 2.25 bits per heavy atom. The van der Waals surface area contributed by atoms with Gasteiger partial charge < -0.3 is 0 Å². The number of rotatable bonds is 4. The zero-order valence-corrected chi connectivity index (χ0v) is 12.6. The molecule has 0 amide bonds. The second-order valence-electron chi connectivity index (χ2n) is 5.25. The van der Waals surface area contributed by atoms with Crippen LogP contribution in [0.2, 0.25) is 0 Å². The first-order chi connectivity index (χ1) is 9.36. The Kier molecular flexibility index (Phi) is 4.49. The summed E-state index contributed by atoms with van der Waals surface area (Å²) in [7, 11) is -3.17. The van der Waals surface area contributed by atoms with E-state index >= 15 is 0 Å². The average molecular weight is 297 g/mol. The van der Waals surface area contributed by atoms with Gasteiger partial charge in [0.15, 0.2) is 5.78 Å². The van der Waals surface area contributed by atoms with Crippen molar-refractivity contribution in [2.24, 2.45) is 5.92 Å². The van der Waals surface area contributed by atoms with Crippen LogP contribution in [0.15, 0.2) is 12.3 Å². The number of carbonyl (C=O) groups is 1. The van der Waals surface area contributed by atoms with Crippen LogP contribution in [-0.2, 0) is 10.0 Å². The summed E-state index contributed by atoms with van der Waals surface area (Å²) >= 11 is 0. The van der Waals surface area contributed by atoms with Gasteiger partial charge in [0, 0.05) is 25.7 Å². The highest BCUT2D eigenvalue weighted by molar-refractivity contribution is 7.88. The van der Waals surface area contributed by atoms with Gasteiger partial charge in [0.1, 0.15) is 11.5 Å². The summed E-state index contributed by atoms with van der Waals surface area (Å²) in [5.41, 5.74) is 0.411. The standard InChI is InChI=1S/C13H19N3O3S/c1-10-14-6-5-12(15-10)13(17)8-11-4-3-7-16(9-11)20(2,18)19/h5-6,11H,3-4,7-9H2,1-2H3. The molecule has 1 aliphatic rings. The van der Waals surface area contributed by atoms with Crippen molar-refractivity contribution < 1.29 is 13.2 Å². The molecule has 0 spiro atoms. The first-order valence-electron chi connectivity index (χ1n) is 6.64. The normalized spacial score (nSPS) is 20.8. The number of aryl methyl sites for hydroxylation is 1.